The second-order valence-electron chi connectivity index (χ2n) is 5.91. The van der Waals surface area contributed by atoms with Gasteiger partial charge in [0.25, 0.3) is 5.91 Å². The van der Waals surface area contributed by atoms with Crippen molar-refractivity contribution in [2.45, 2.75) is 25.5 Å². The first-order valence-electron chi connectivity index (χ1n) is 6.63. The zero-order valence-corrected chi connectivity index (χ0v) is 11.9. The average Bonchev–Trinajstić information content (AvgIpc) is 2.69. The summed E-state index contributed by atoms with van der Waals surface area (Å²) >= 11 is 0. The summed E-state index contributed by atoms with van der Waals surface area (Å²) in [5.41, 5.74) is 1.15. The van der Waals surface area contributed by atoms with Gasteiger partial charge in [0.1, 0.15) is 0 Å². The van der Waals surface area contributed by atoms with E-state index in [0.29, 0.717) is 25.1 Å². The van der Waals surface area contributed by atoms with Crippen LogP contribution in [-0.4, -0.2) is 53.6 Å². The molecule has 1 aromatic rings. The molecule has 0 spiro atoms. The Morgan fingerprint density at radius 2 is 2.00 bits per heavy atom. The van der Waals surface area contributed by atoms with Gasteiger partial charge in [-0.05, 0) is 45.1 Å². The Labute approximate surface area is 114 Å². The van der Waals surface area contributed by atoms with Crippen molar-refractivity contribution in [2.75, 3.05) is 27.2 Å². The molecule has 1 fully saturated rings. The number of benzene rings is 1. The molecule has 1 amide bonds. The van der Waals surface area contributed by atoms with E-state index in [-0.39, 0.29) is 5.91 Å². The van der Waals surface area contributed by atoms with Crippen LogP contribution >= 0.6 is 0 Å². The molecule has 19 heavy (non-hydrogen) atoms. The summed E-state index contributed by atoms with van der Waals surface area (Å²) in [5, 5.41) is 9.90. The first kappa shape index (κ1) is 14.0. The fraction of sp³-hybridized carbons (Fsp3) is 0.533. The Hall–Kier alpha value is -1.39. The molecular formula is C15H22N2O2. The van der Waals surface area contributed by atoms with Gasteiger partial charge in [-0.2, -0.15) is 0 Å². The molecule has 4 nitrogen and oxygen atoms in total. The summed E-state index contributed by atoms with van der Waals surface area (Å²) in [5.74, 6) is 0.00850. The number of nitrogens with zero attached hydrogens (tertiary/aromatic N) is 2. The van der Waals surface area contributed by atoms with E-state index in [1.807, 2.05) is 38.4 Å². The Morgan fingerprint density at radius 1 is 1.37 bits per heavy atom. The van der Waals surface area contributed by atoms with Gasteiger partial charge in [0.2, 0.25) is 0 Å². The van der Waals surface area contributed by atoms with Gasteiger partial charge in [0.15, 0.2) is 0 Å². The molecule has 1 atom stereocenters. The van der Waals surface area contributed by atoms with E-state index in [1.165, 1.54) is 5.56 Å². The summed E-state index contributed by atoms with van der Waals surface area (Å²) in [6.45, 7) is 3.70. The van der Waals surface area contributed by atoms with Crippen molar-refractivity contribution >= 4 is 5.91 Å². The highest BCUT2D eigenvalue weighted by molar-refractivity contribution is 5.94. The molecule has 0 aliphatic carbocycles. The lowest BCUT2D eigenvalue weighted by Crippen LogP contribution is -2.33. The third kappa shape index (κ3) is 3.55. The summed E-state index contributed by atoms with van der Waals surface area (Å²) in [7, 11) is 4.04. The number of amides is 1. The quantitative estimate of drug-likeness (QED) is 0.894. The minimum absolute atomic E-state index is 0.00850. The Kier molecular flexibility index (Phi) is 3.92. The van der Waals surface area contributed by atoms with Crippen molar-refractivity contribution in [1.82, 2.24) is 9.80 Å². The zero-order valence-electron chi connectivity index (χ0n) is 11.9. The van der Waals surface area contributed by atoms with Crippen LogP contribution in [0.3, 0.4) is 0 Å². The average molecular weight is 262 g/mol. The molecule has 0 saturated carbocycles. The van der Waals surface area contributed by atoms with E-state index in [4.69, 9.17) is 0 Å². The van der Waals surface area contributed by atoms with Crippen LogP contribution in [0.15, 0.2) is 24.3 Å². The largest absolute Gasteiger partial charge is 0.388 e. The van der Waals surface area contributed by atoms with Gasteiger partial charge in [0, 0.05) is 25.2 Å². The van der Waals surface area contributed by atoms with Gasteiger partial charge >= 0.3 is 0 Å². The molecule has 0 aromatic heterocycles. The van der Waals surface area contributed by atoms with E-state index >= 15 is 0 Å². The Morgan fingerprint density at radius 3 is 2.47 bits per heavy atom. The highest BCUT2D eigenvalue weighted by atomic mass is 16.3. The lowest BCUT2D eigenvalue weighted by molar-refractivity contribution is 0.0572. The van der Waals surface area contributed by atoms with Crippen LogP contribution < -0.4 is 0 Å². The second-order valence-corrected chi connectivity index (χ2v) is 5.91. The monoisotopic (exact) mass is 262 g/mol. The molecule has 1 aliphatic heterocycles. The number of β-amino-alcohol motifs (C(OH)–C–C–N with tert-alkyl or cyclic N) is 1. The van der Waals surface area contributed by atoms with Crippen molar-refractivity contribution in [1.29, 1.82) is 0 Å². The van der Waals surface area contributed by atoms with Crippen molar-refractivity contribution in [3.8, 4) is 0 Å². The lowest BCUT2D eigenvalue weighted by atomic mass is 10.1. The maximum atomic E-state index is 12.3. The van der Waals surface area contributed by atoms with Crippen molar-refractivity contribution in [3.05, 3.63) is 35.4 Å². The molecule has 104 valence electrons. The predicted molar refractivity (Wildman–Crippen MR) is 75.0 cm³/mol. The molecule has 1 N–H and O–H groups in total. The molecule has 1 aromatic carbocycles. The van der Waals surface area contributed by atoms with Crippen molar-refractivity contribution < 1.29 is 9.90 Å². The lowest BCUT2D eigenvalue weighted by Gasteiger charge is -2.19. The van der Waals surface area contributed by atoms with Crippen LogP contribution in [-0.2, 0) is 6.54 Å². The highest BCUT2D eigenvalue weighted by Crippen LogP contribution is 2.22. The molecule has 1 unspecified atom stereocenters. The number of rotatable bonds is 3. The third-order valence-corrected chi connectivity index (χ3v) is 3.44. The van der Waals surface area contributed by atoms with Crippen molar-refractivity contribution in [3.63, 3.8) is 0 Å². The molecule has 0 radical (unpaired) electrons. The summed E-state index contributed by atoms with van der Waals surface area (Å²) in [6, 6.07) is 7.71. The van der Waals surface area contributed by atoms with Crippen LogP contribution in [0, 0.1) is 0 Å². The molecule has 2 rings (SSSR count). The smallest absolute Gasteiger partial charge is 0.253 e. The Balaban J connectivity index is 2.04. The fourth-order valence-corrected chi connectivity index (χ4v) is 2.42. The zero-order chi connectivity index (χ0) is 14.0. The fourth-order valence-electron chi connectivity index (χ4n) is 2.42. The number of carbonyl (C=O) groups excluding carboxylic acids is 1. The van der Waals surface area contributed by atoms with Crippen LogP contribution in [0.1, 0.15) is 29.3 Å². The maximum Gasteiger partial charge on any atom is 0.253 e. The first-order valence-corrected chi connectivity index (χ1v) is 6.63. The van der Waals surface area contributed by atoms with Gasteiger partial charge < -0.3 is 14.9 Å². The van der Waals surface area contributed by atoms with E-state index in [1.54, 1.807) is 11.8 Å². The van der Waals surface area contributed by atoms with Crippen molar-refractivity contribution in [2.24, 2.45) is 0 Å². The predicted octanol–water partition coefficient (Wildman–Crippen LogP) is 1.35. The van der Waals surface area contributed by atoms with Crippen LogP contribution in [0.2, 0.25) is 0 Å². The number of carbonyl (C=O) groups is 1. The maximum absolute atomic E-state index is 12.3. The Bertz CT molecular complexity index is 452. The molecule has 1 heterocycles. The minimum Gasteiger partial charge on any atom is -0.388 e. The standard InChI is InChI=1S/C15H22N2O2/c1-15(19)8-9-17(11-15)14(18)13-6-4-12(5-7-13)10-16(2)3/h4-7,19H,8-11H2,1-3H3. The molecule has 0 bridgehead atoms. The van der Waals surface area contributed by atoms with Crippen LogP contribution in [0.5, 0.6) is 0 Å². The summed E-state index contributed by atoms with van der Waals surface area (Å²) < 4.78 is 0. The van der Waals surface area contributed by atoms with E-state index < -0.39 is 5.60 Å². The number of hydrogen-bond donors (Lipinski definition) is 1. The topological polar surface area (TPSA) is 43.8 Å². The van der Waals surface area contributed by atoms with Crippen LogP contribution in [0.4, 0.5) is 0 Å². The number of likely N-dealkylation sites (tertiary alicyclic amines) is 1. The number of hydrogen-bond acceptors (Lipinski definition) is 3. The van der Waals surface area contributed by atoms with Gasteiger partial charge in [0.05, 0.1) is 5.60 Å². The molecule has 1 saturated heterocycles. The summed E-state index contributed by atoms with van der Waals surface area (Å²) in [4.78, 5) is 16.1. The molecular weight excluding hydrogens is 240 g/mol. The van der Waals surface area contributed by atoms with Gasteiger partial charge in [-0.1, -0.05) is 12.1 Å². The second kappa shape index (κ2) is 5.31. The van der Waals surface area contributed by atoms with Gasteiger partial charge in [-0.25, -0.2) is 0 Å². The summed E-state index contributed by atoms with van der Waals surface area (Å²) in [6.07, 6.45) is 0.650. The first-order chi connectivity index (χ1) is 8.87. The SMILES string of the molecule is CN(C)Cc1ccc(C(=O)N2CCC(C)(O)C2)cc1. The molecule has 4 heteroatoms. The highest BCUT2D eigenvalue weighted by Gasteiger charge is 2.34. The minimum atomic E-state index is -0.736. The van der Waals surface area contributed by atoms with E-state index in [2.05, 4.69) is 4.90 Å². The third-order valence-electron chi connectivity index (χ3n) is 3.44. The van der Waals surface area contributed by atoms with E-state index in [9.17, 15) is 9.90 Å². The normalized spacial score (nSPS) is 23.1. The van der Waals surface area contributed by atoms with E-state index in [0.717, 1.165) is 6.54 Å². The number of aliphatic hydroxyl groups is 1. The van der Waals surface area contributed by atoms with Crippen LogP contribution in [0.25, 0.3) is 0 Å². The van der Waals surface area contributed by atoms with Gasteiger partial charge in [-0.3, -0.25) is 4.79 Å². The molecule has 1 aliphatic rings. The van der Waals surface area contributed by atoms with Gasteiger partial charge in [-0.15, -0.1) is 0 Å².